The van der Waals surface area contributed by atoms with E-state index in [-0.39, 0.29) is 23.1 Å². The second-order valence-electron chi connectivity index (χ2n) is 5.98. The highest BCUT2D eigenvalue weighted by atomic mass is 16.4. The van der Waals surface area contributed by atoms with E-state index >= 15 is 0 Å². The Morgan fingerprint density at radius 2 is 1.85 bits per heavy atom. The van der Waals surface area contributed by atoms with Crippen molar-refractivity contribution in [2.45, 2.75) is 25.3 Å². The Bertz CT molecular complexity index is 908. The van der Waals surface area contributed by atoms with Gasteiger partial charge >= 0.3 is 5.97 Å². The van der Waals surface area contributed by atoms with Crippen molar-refractivity contribution >= 4 is 11.9 Å². The molecular weight excluding hydrogens is 328 g/mol. The molecule has 0 saturated heterocycles. The maximum atomic E-state index is 12.5. The van der Waals surface area contributed by atoms with E-state index in [4.69, 9.17) is 0 Å². The van der Waals surface area contributed by atoms with Gasteiger partial charge in [0.15, 0.2) is 0 Å². The smallest absolute Gasteiger partial charge is 0.336 e. The van der Waals surface area contributed by atoms with Crippen LogP contribution in [0, 0.1) is 11.8 Å². The highest BCUT2D eigenvalue weighted by molar-refractivity contribution is 6.04. The quantitative estimate of drug-likeness (QED) is 0.837. The van der Waals surface area contributed by atoms with Crippen molar-refractivity contribution < 1.29 is 14.7 Å². The molecule has 1 aromatic heterocycles. The number of hydrogen-bond donors (Lipinski definition) is 2. The number of aromatic nitrogens is 1. The SMILES string of the molecule is O=C(O)c1ccccc1C(=O)NC1C=C(C#Cc2ccccn2)CCC1. The molecular formula is C21H18N2O3. The Labute approximate surface area is 151 Å². The molecule has 130 valence electrons. The van der Waals surface area contributed by atoms with Gasteiger partial charge in [-0.2, -0.15) is 0 Å². The lowest BCUT2D eigenvalue weighted by Crippen LogP contribution is -2.35. The molecule has 1 aliphatic rings. The van der Waals surface area contributed by atoms with Crippen LogP contribution in [-0.4, -0.2) is 28.0 Å². The Balaban J connectivity index is 1.73. The van der Waals surface area contributed by atoms with Crippen LogP contribution in [0.25, 0.3) is 0 Å². The molecule has 0 fully saturated rings. The Morgan fingerprint density at radius 1 is 1.08 bits per heavy atom. The van der Waals surface area contributed by atoms with E-state index in [1.807, 2.05) is 24.3 Å². The number of carboxylic acid groups (broad SMARTS) is 1. The number of benzene rings is 1. The molecule has 26 heavy (non-hydrogen) atoms. The molecule has 3 rings (SSSR count). The lowest BCUT2D eigenvalue weighted by Gasteiger charge is -2.20. The molecule has 1 aliphatic carbocycles. The van der Waals surface area contributed by atoms with Crippen molar-refractivity contribution in [3.05, 3.63) is 77.1 Å². The monoisotopic (exact) mass is 346 g/mol. The Kier molecular flexibility index (Phi) is 5.45. The zero-order valence-electron chi connectivity index (χ0n) is 14.1. The van der Waals surface area contributed by atoms with Gasteiger partial charge in [0.1, 0.15) is 5.69 Å². The zero-order chi connectivity index (χ0) is 18.4. The first-order valence-electron chi connectivity index (χ1n) is 8.40. The molecule has 0 spiro atoms. The lowest BCUT2D eigenvalue weighted by molar-refractivity contribution is 0.0690. The van der Waals surface area contributed by atoms with Gasteiger partial charge in [0.25, 0.3) is 5.91 Å². The van der Waals surface area contributed by atoms with Crippen molar-refractivity contribution in [3.63, 3.8) is 0 Å². The third-order valence-corrected chi connectivity index (χ3v) is 4.10. The summed E-state index contributed by atoms with van der Waals surface area (Å²) in [4.78, 5) is 27.9. The fourth-order valence-corrected chi connectivity index (χ4v) is 2.83. The molecule has 1 atom stereocenters. The van der Waals surface area contributed by atoms with Gasteiger partial charge in [0.2, 0.25) is 0 Å². The summed E-state index contributed by atoms with van der Waals surface area (Å²) in [6.45, 7) is 0. The topological polar surface area (TPSA) is 79.3 Å². The molecule has 0 aliphatic heterocycles. The van der Waals surface area contributed by atoms with Gasteiger partial charge in [-0.3, -0.25) is 4.79 Å². The number of amides is 1. The third kappa shape index (κ3) is 4.37. The maximum absolute atomic E-state index is 12.5. The Morgan fingerprint density at radius 3 is 2.58 bits per heavy atom. The molecule has 2 aromatic rings. The first-order chi connectivity index (χ1) is 12.6. The molecule has 1 heterocycles. The molecule has 2 N–H and O–H groups in total. The van der Waals surface area contributed by atoms with Crippen molar-refractivity contribution in [3.8, 4) is 11.8 Å². The molecule has 5 nitrogen and oxygen atoms in total. The van der Waals surface area contributed by atoms with Crippen molar-refractivity contribution in [2.75, 3.05) is 0 Å². The molecule has 1 aromatic carbocycles. The summed E-state index contributed by atoms with van der Waals surface area (Å²) in [5.41, 5.74) is 1.83. The van der Waals surface area contributed by atoms with Crippen LogP contribution in [-0.2, 0) is 0 Å². The van der Waals surface area contributed by atoms with E-state index in [1.54, 1.807) is 18.3 Å². The average Bonchev–Trinajstić information content (AvgIpc) is 2.67. The highest BCUT2D eigenvalue weighted by Crippen LogP contribution is 2.18. The van der Waals surface area contributed by atoms with E-state index in [9.17, 15) is 14.7 Å². The fraction of sp³-hybridized carbons (Fsp3) is 0.190. The largest absolute Gasteiger partial charge is 0.478 e. The summed E-state index contributed by atoms with van der Waals surface area (Å²) >= 11 is 0. The summed E-state index contributed by atoms with van der Waals surface area (Å²) < 4.78 is 0. The number of nitrogens with zero attached hydrogens (tertiary/aromatic N) is 1. The number of carbonyl (C=O) groups is 2. The molecule has 0 saturated carbocycles. The number of rotatable bonds is 3. The lowest BCUT2D eigenvalue weighted by atomic mass is 9.95. The summed E-state index contributed by atoms with van der Waals surface area (Å²) in [5, 5.41) is 12.1. The average molecular weight is 346 g/mol. The number of nitrogens with one attached hydrogen (secondary N) is 1. The standard InChI is InChI=1S/C21H18N2O3/c24-20(18-9-1-2-10-19(18)21(25)26)23-17-8-5-6-15(14-17)11-12-16-7-3-4-13-22-16/h1-4,7,9-10,13-14,17H,5-6,8H2,(H,23,24)(H,25,26). The van der Waals surface area contributed by atoms with Gasteiger partial charge in [-0.05, 0) is 49.4 Å². The molecule has 0 radical (unpaired) electrons. The molecule has 5 heteroatoms. The second-order valence-corrected chi connectivity index (χ2v) is 5.98. The number of allylic oxidation sites excluding steroid dienone is 1. The first-order valence-corrected chi connectivity index (χ1v) is 8.40. The number of carboxylic acids is 1. The van der Waals surface area contributed by atoms with Crippen LogP contribution in [0.15, 0.2) is 60.3 Å². The summed E-state index contributed by atoms with van der Waals surface area (Å²) in [5.74, 6) is 4.64. The predicted octanol–water partition coefficient (Wildman–Crippen LogP) is 3.04. The summed E-state index contributed by atoms with van der Waals surface area (Å²) in [6.07, 6.45) is 6.21. The van der Waals surface area contributed by atoms with Crippen LogP contribution in [0.1, 0.15) is 45.7 Å². The van der Waals surface area contributed by atoms with Crippen LogP contribution < -0.4 is 5.32 Å². The van der Waals surface area contributed by atoms with Crippen LogP contribution in [0.3, 0.4) is 0 Å². The van der Waals surface area contributed by atoms with Crippen LogP contribution in [0.5, 0.6) is 0 Å². The number of hydrogen-bond acceptors (Lipinski definition) is 3. The third-order valence-electron chi connectivity index (χ3n) is 4.10. The normalized spacial score (nSPS) is 16.0. The van der Waals surface area contributed by atoms with E-state index in [1.165, 1.54) is 12.1 Å². The molecule has 1 unspecified atom stereocenters. The van der Waals surface area contributed by atoms with Crippen LogP contribution in [0.4, 0.5) is 0 Å². The van der Waals surface area contributed by atoms with Gasteiger partial charge in [-0.25, -0.2) is 9.78 Å². The van der Waals surface area contributed by atoms with E-state index in [0.717, 1.165) is 24.8 Å². The molecule has 0 bridgehead atoms. The highest BCUT2D eigenvalue weighted by Gasteiger charge is 2.20. The number of carbonyl (C=O) groups excluding carboxylic acids is 1. The zero-order valence-corrected chi connectivity index (χ0v) is 14.1. The fourth-order valence-electron chi connectivity index (χ4n) is 2.83. The summed E-state index contributed by atoms with van der Waals surface area (Å²) in [7, 11) is 0. The van der Waals surface area contributed by atoms with Gasteiger partial charge in [0, 0.05) is 17.8 Å². The minimum Gasteiger partial charge on any atom is -0.478 e. The van der Waals surface area contributed by atoms with E-state index in [2.05, 4.69) is 22.1 Å². The van der Waals surface area contributed by atoms with Crippen molar-refractivity contribution in [1.82, 2.24) is 10.3 Å². The maximum Gasteiger partial charge on any atom is 0.336 e. The van der Waals surface area contributed by atoms with Gasteiger partial charge in [0.05, 0.1) is 11.1 Å². The number of pyridine rings is 1. The van der Waals surface area contributed by atoms with Crippen molar-refractivity contribution in [2.24, 2.45) is 0 Å². The van der Waals surface area contributed by atoms with Gasteiger partial charge in [-0.1, -0.05) is 30.2 Å². The van der Waals surface area contributed by atoms with E-state index in [0.29, 0.717) is 5.69 Å². The van der Waals surface area contributed by atoms with Gasteiger partial charge in [-0.15, -0.1) is 0 Å². The molecule has 1 amide bonds. The van der Waals surface area contributed by atoms with Crippen LogP contribution in [0.2, 0.25) is 0 Å². The first kappa shape index (κ1) is 17.4. The second kappa shape index (κ2) is 8.13. The number of aromatic carboxylic acids is 1. The minimum absolute atomic E-state index is 0.0000406. The Hall–Kier alpha value is -3.39. The summed E-state index contributed by atoms with van der Waals surface area (Å²) in [6, 6.07) is 11.6. The minimum atomic E-state index is -1.11. The van der Waals surface area contributed by atoms with Crippen LogP contribution >= 0.6 is 0 Å². The van der Waals surface area contributed by atoms with Gasteiger partial charge < -0.3 is 10.4 Å². The van der Waals surface area contributed by atoms with Crippen molar-refractivity contribution in [1.29, 1.82) is 0 Å². The predicted molar refractivity (Wildman–Crippen MR) is 97.7 cm³/mol. The van der Waals surface area contributed by atoms with E-state index < -0.39 is 5.97 Å².